The van der Waals surface area contributed by atoms with Crippen molar-refractivity contribution in [2.24, 2.45) is 7.05 Å². The summed E-state index contributed by atoms with van der Waals surface area (Å²) in [7, 11) is 1.86. The van der Waals surface area contributed by atoms with E-state index in [4.69, 9.17) is 16.7 Å². The van der Waals surface area contributed by atoms with Gasteiger partial charge in [0.15, 0.2) is 0 Å². The highest BCUT2D eigenvalue weighted by molar-refractivity contribution is 6.35. The Bertz CT molecular complexity index is 624. The molecule has 2 heterocycles. The van der Waals surface area contributed by atoms with Crippen molar-refractivity contribution in [2.45, 2.75) is 13.5 Å². The smallest absolute Gasteiger partial charge is 0.337 e. The minimum Gasteiger partial charge on any atom is -0.478 e. The summed E-state index contributed by atoms with van der Waals surface area (Å²) in [5.74, 6) is -0.724. The number of hydrogen-bond acceptors (Lipinski definition) is 4. The van der Waals surface area contributed by atoms with E-state index in [0.29, 0.717) is 12.4 Å². The summed E-state index contributed by atoms with van der Waals surface area (Å²) >= 11 is 5.99. The molecule has 0 aromatic carbocycles. The highest BCUT2D eigenvalue weighted by Crippen LogP contribution is 2.24. The lowest BCUT2D eigenvalue weighted by Gasteiger charge is -2.08. The summed E-state index contributed by atoms with van der Waals surface area (Å²) < 4.78 is 1.76. The second kappa shape index (κ2) is 5.27. The Morgan fingerprint density at radius 1 is 1.58 bits per heavy atom. The van der Waals surface area contributed by atoms with Crippen LogP contribution in [-0.4, -0.2) is 25.8 Å². The van der Waals surface area contributed by atoms with Gasteiger partial charge in [-0.1, -0.05) is 11.6 Å². The highest BCUT2D eigenvalue weighted by Gasteiger charge is 2.13. The molecule has 19 heavy (non-hydrogen) atoms. The molecule has 2 rings (SSSR count). The SMILES string of the molecule is Cc1c(CNc2nccc(C(=O)O)c2Cl)cnn1C. The van der Waals surface area contributed by atoms with Gasteiger partial charge in [-0.25, -0.2) is 9.78 Å². The number of carboxylic acid groups (broad SMARTS) is 1. The Labute approximate surface area is 115 Å². The predicted octanol–water partition coefficient (Wildman–Crippen LogP) is 2.09. The topological polar surface area (TPSA) is 80.0 Å². The fourth-order valence-corrected chi connectivity index (χ4v) is 1.89. The van der Waals surface area contributed by atoms with Gasteiger partial charge in [0.25, 0.3) is 0 Å². The van der Waals surface area contributed by atoms with E-state index in [1.807, 2.05) is 14.0 Å². The van der Waals surface area contributed by atoms with Crippen LogP contribution in [0.4, 0.5) is 5.82 Å². The average molecular weight is 281 g/mol. The first-order valence-corrected chi connectivity index (χ1v) is 5.97. The van der Waals surface area contributed by atoms with Crippen molar-refractivity contribution in [2.75, 3.05) is 5.32 Å². The molecule has 0 bridgehead atoms. The average Bonchev–Trinajstić information content (AvgIpc) is 2.68. The summed E-state index contributed by atoms with van der Waals surface area (Å²) in [4.78, 5) is 15.0. The molecule has 0 saturated heterocycles. The largest absolute Gasteiger partial charge is 0.478 e. The normalized spacial score (nSPS) is 10.5. The predicted molar refractivity (Wildman–Crippen MR) is 71.5 cm³/mol. The lowest BCUT2D eigenvalue weighted by atomic mass is 10.2. The van der Waals surface area contributed by atoms with Gasteiger partial charge in [-0.05, 0) is 13.0 Å². The Morgan fingerprint density at radius 3 is 2.89 bits per heavy atom. The molecule has 0 aliphatic rings. The number of halogens is 1. The van der Waals surface area contributed by atoms with Gasteiger partial charge in [0.1, 0.15) is 5.82 Å². The number of carbonyl (C=O) groups is 1. The van der Waals surface area contributed by atoms with Crippen LogP contribution in [0.2, 0.25) is 5.02 Å². The van der Waals surface area contributed by atoms with Crippen LogP contribution in [0.3, 0.4) is 0 Å². The van der Waals surface area contributed by atoms with Crippen LogP contribution in [0.5, 0.6) is 0 Å². The number of rotatable bonds is 4. The van der Waals surface area contributed by atoms with Crippen LogP contribution in [0.15, 0.2) is 18.5 Å². The number of anilines is 1. The number of aromatic nitrogens is 3. The molecule has 2 aromatic heterocycles. The molecular weight excluding hydrogens is 268 g/mol. The van der Waals surface area contributed by atoms with Crippen molar-refractivity contribution in [3.8, 4) is 0 Å². The summed E-state index contributed by atoms with van der Waals surface area (Å²) in [5, 5.41) is 16.2. The van der Waals surface area contributed by atoms with Crippen molar-refractivity contribution in [3.63, 3.8) is 0 Å². The number of aryl methyl sites for hydroxylation is 1. The fraction of sp³-hybridized carbons (Fsp3) is 0.250. The van der Waals surface area contributed by atoms with Crippen molar-refractivity contribution >= 4 is 23.4 Å². The van der Waals surface area contributed by atoms with E-state index in [2.05, 4.69) is 15.4 Å². The fourth-order valence-electron chi connectivity index (χ4n) is 1.63. The van der Waals surface area contributed by atoms with Gasteiger partial charge in [-0.2, -0.15) is 5.10 Å². The monoisotopic (exact) mass is 280 g/mol. The molecule has 7 heteroatoms. The molecule has 0 atom stereocenters. The first-order chi connectivity index (χ1) is 9.00. The molecule has 2 N–H and O–H groups in total. The maximum atomic E-state index is 11.0. The molecule has 0 radical (unpaired) electrons. The Morgan fingerprint density at radius 2 is 2.32 bits per heavy atom. The van der Waals surface area contributed by atoms with Crippen molar-refractivity contribution in [1.29, 1.82) is 0 Å². The quantitative estimate of drug-likeness (QED) is 0.896. The van der Waals surface area contributed by atoms with Gasteiger partial charge in [0, 0.05) is 31.0 Å². The molecule has 0 aliphatic carbocycles. The molecule has 0 spiro atoms. The standard InChI is InChI=1S/C12H13ClN4O2/c1-7-8(6-16-17(7)2)5-15-11-10(13)9(12(18)19)3-4-14-11/h3-4,6H,5H2,1-2H3,(H,14,15)(H,18,19). The Hall–Kier alpha value is -2.08. The second-order valence-corrected chi connectivity index (χ2v) is 4.44. The van der Waals surface area contributed by atoms with E-state index in [1.165, 1.54) is 12.3 Å². The zero-order valence-corrected chi connectivity index (χ0v) is 11.3. The van der Waals surface area contributed by atoms with E-state index in [-0.39, 0.29) is 10.6 Å². The van der Waals surface area contributed by atoms with E-state index in [0.717, 1.165) is 11.3 Å². The number of aromatic carboxylic acids is 1. The van der Waals surface area contributed by atoms with Crippen LogP contribution >= 0.6 is 11.6 Å². The molecule has 2 aromatic rings. The van der Waals surface area contributed by atoms with Crippen LogP contribution < -0.4 is 5.32 Å². The third kappa shape index (κ3) is 2.68. The molecular formula is C12H13ClN4O2. The maximum Gasteiger partial charge on any atom is 0.337 e. The van der Waals surface area contributed by atoms with Crippen LogP contribution in [0, 0.1) is 6.92 Å². The van der Waals surface area contributed by atoms with Crippen molar-refractivity contribution in [1.82, 2.24) is 14.8 Å². The summed E-state index contributed by atoms with van der Waals surface area (Å²) in [6, 6.07) is 1.37. The summed E-state index contributed by atoms with van der Waals surface area (Å²) in [6.07, 6.45) is 3.16. The molecule has 6 nitrogen and oxygen atoms in total. The van der Waals surface area contributed by atoms with E-state index < -0.39 is 5.97 Å². The maximum absolute atomic E-state index is 11.0. The second-order valence-electron chi connectivity index (χ2n) is 4.06. The number of carboxylic acids is 1. The lowest BCUT2D eigenvalue weighted by Crippen LogP contribution is -2.06. The van der Waals surface area contributed by atoms with E-state index in [1.54, 1.807) is 10.9 Å². The van der Waals surface area contributed by atoms with Gasteiger partial charge in [-0.15, -0.1) is 0 Å². The number of hydrogen-bond donors (Lipinski definition) is 2. The molecule has 0 aliphatic heterocycles. The first kappa shape index (κ1) is 13.4. The number of pyridine rings is 1. The number of nitrogens with zero attached hydrogens (tertiary/aromatic N) is 3. The van der Waals surface area contributed by atoms with Crippen LogP contribution in [0.25, 0.3) is 0 Å². The minimum atomic E-state index is -1.08. The van der Waals surface area contributed by atoms with Gasteiger partial charge in [0.05, 0.1) is 16.8 Å². The number of nitrogens with one attached hydrogen (secondary N) is 1. The third-order valence-corrected chi connectivity index (χ3v) is 3.29. The minimum absolute atomic E-state index is 0.0297. The van der Waals surface area contributed by atoms with Gasteiger partial charge in [0.2, 0.25) is 0 Å². The molecule has 100 valence electrons. The molecule has 0 amide bonds. The van der Waals surface area contributed by atoms with E-state index in [9.17, 15) is 4.79 Å². The van der Waals surface area contributed by atoms with E-state index >= 15 is 0 Å². The third-order valence-electron chi connectivity index (χ3n) is 2.90. The van der Waals surface area contributed by atoms with Crippen molar-refractivity contribution < 1.29 is 9.90 Å². The summed E-state index contributed by atoms with van der Waals surface area (Å²) in [6.45, 7) is 2.43. The van der Waals surface area contributed by atoms with Crippen molar-refractivity contribution in [3.05, 3.63) is 40.3 Å². The zero-order chi connectivity index (χ0) is 14.0. The van der Waals surface area contributed by atoms with Gasteiger partial charge < -0.3 is 10.4 Å². The molecule has 0 fully saturated rings. The molecule has 0 saturated carbocycles. The zero-order valence-electron chi connectivity index (χ0n) is 10.5. The van der Waals surface area contributed by atoms with Gasteiger partial charge in [-0.3, -0.25) is 4.68 Å². The lowest BCUT2D eigenvalue weighted by molar-refractivity contribution is 0.0697. The van der Waals surface area contributed by atoms with Gasteiger partial charge >= 0.3 is 5.97 Å². The molecule has 0 unspecified atom stereocenters. The highest BCUT2D eigenvalue weighted by atomic mass is 35.5. The van der Waals surface area contributed by atoms with Crippen LogP contribution in [-0.2, 0) is 13.6 Å². The Balaban J connectivity index is 2.18. The first-order valence-electron chi connectivity index (χ1n) is 5.60. The summed E-state index contributed by atoms with van der Waals surface area (Å²) in [5.41, 5.74) is 2.06. The van der Waals surface area contributed by atoms with Crippen LogP contribution in [0.1, 0.15) is 21.6 Å². The Kier molecular flexibility index (Phi) is 3.71.